The van der Waals surface area contributed by atoms with Crippen LogP contribution in [-0.2, 0) is 10.8 Å². The van der Waals surface area contributed by atoms with Crippen LogP contribution in [0.4, 0.5) is 0 Å². The summed E-state index contributed by atoms with van der Waals surface area (Å²) in [5.41, 5.74) is 0. The molecule has 0 bridgehead atoms. The first kappa shape index (κ1) is 12.0. The first-order valence-electron chi connectivity index (χ1n) is 5.37. The number of halogens is 1. The van der Waals surface area contributed by atoms with E-state index in [-0.39, 0.29) is 0 Å². The first-order valence-corrected chi connectivity index (χ1v) is 7.06. The van der Waals surface area contributed by atoms with Crippen LogP contribution in [-0.4, -0.2) is 32.7 Å². The molecule has 0 spiro atoms. The maximum Gasteiger partial charge on any atom is 0.151 e. The van der Waals surface area contributed by atoms with Gasteiger partial charge in [0.05, 0.1) is 10.8 Å². The molecule has 1 fully saturated rings. The van der Waals surface area contributed by atoms with Crippen molar-refractivity contribution < 1.29 is 4.21 Å². The summed E-state index contributed by atoms with van der Waals surface area (Å²) in [5, 5.41) is 11.7. The SMILES string of the molecule is O=[S@](C[C@@H]1CCCCN1)c1ccc(Cl)nn1. The predicted molar refractivity (Wildman–Crippen MR) is 64.0 cm³/mol. The van der Waals surface area contributed by atoms with Crippen molar-refractivity contribution in [2.75, 3.05) is 12.3 Å². The van der Waals surface area contributed by atoms with Gasteiger partial charge in [-0.1, -0.05) is 18.0 Å². The third-order valence-corrected chi connectivity index (χ3v) is 4.20. The van der Waals surface area contributed by atoms with Crippen LogP contribution >= 0.6 is 11.6 Å². The van der Waals surface area contributed by atoms with Gasteiger partial charge in [0, 0.05) is 11.8 Å². The summed E-state index contributed by atoms with van der Waals surface area (Å²) in [4.78, 5) is 0. The van der Waals surface area contributed by atoms with Crippen LogP contribution in [0.3, 0.4) is 0 Å². The molecule has 88 valence electrons. The molecule has 0 unspecified atom stereocenters. The maximum atomic E-state index is 11.9. The largest absolute Gasteiger partial charge is 0.313 e. The molecule has 0 saturated carbocycles. The van der Waals surface area contributed by atoms with Crippen molar-refractivity contribution in [3.05, 3.63) is 17.3 Å². The zero-order valence-electron chi connectivity index (χ0n) is 8.86. The fraction of sp³-hybridized carbons (Fsp3) is 0.600. The molecule has 2 rings (SSSR count). The molecule has 6 heteroatoms. The second-order valence-electron chi connectivity index (χ2n) is 3.85. The van der Waals surface area contributed by atoms with E-state index in [1.54, 1.807) is 12.1 Å². The third kappa shape index (κ3) is 3.23. The smallest absolute Gasteiger partial charge is 0.151 e. The Morgan fingerprint density at radius 2 is 2.31 bits per heavy atom. The zero-order chi connectivity index (χ0) is 11.4. The van der Waals surface area contributed by atoms with Crippen molar-refractivity contribution in [1.29, 1.82) is 0 Å². The molecule has 0 radical (unpaired) electrons. The van der Waals surface area contributed by atoms with Crippen molar-refractivity contribution in [3.8, 4) is 0 Å². The van der Waals surface area contributed by atoms with Crippen LogP contribution in [0.1, 0.15) is 19.3 Å². The van der Waals surface area contributed by atoms with E-state index in [0.29, 0.717) is 22.0 Å². The predicted octanol–water partition coefficient (Wildman–Crippen LogP) is 1.38. The molecule has 2 atom stereocenters. The molecule has 2 heterocycles. The molecule has 4 nitrogen and oxygen atoms in total. The van der Waals surface area contributed by atoms with Crippen LogP contribution in [0.5, 0.6) is 0 Å². The Morgan fingerprint density at radius 3 is 2.94 bits per heavy atom. The van der Waals surface area contributed by atoms with E-state index >= 15 is 0 Å². The number of hydrogen-bond acceptors (Lipinski definition) is 4. The van der Waals surface area contributed by atoms with E-state index in [0.717, 1.165) is 13.0 Å². The summed E-state index contributed by atoms with van der Waals surface area (Å²) in [6.45, 7) is 1.02. The van der Waals surface area contributed by atoms with Gasteiger partial charge in [0.25, 0.3) is 0 Å². The fourth-order valence-corrected chi connectivity index (χ4v) is 3.03. The van der Waals surface area contributed by atoms with Crippen molar-refractivity contribution in [2.24, 2.45) is 0 Å². The Balaban J connectivity index is 1.94. The number of aromatic nitrogens is 2. The highest BCUT2D eigenvalue weighted by molar-refractivity contribution is 7.85. The number of hydrogen-bond donors (Lipinski definition) is 1. The van der Waals surface area contributed by atoms with Crippen LogP contribution in [0.2, 0.25) is 5.15 Å². The minimum atomic E-state index is -1.08. The highest BCUT2D eigenvalue weighted by atomic mass is 35.5. The molecule has 1 aromatic heterocycles. The minimum absolute atomic E-state index is 0.330. The van der Waals surface area contributed by atoms with Crippen LogP contribution in [0.15, 0.2) is 17.2 Å². The van der Waals surface area contributed by atoms with E-state index in [1.807, 2.05) is 0 Å². The van der Waals surface area contributed by atoms with Crippen LogP contribution in [0, 0.1) is 0 Å². The molecule has 16 heavy (non-hydrogen) atoms. The lowest BCUT2D eigenvalue weighted by Crippen LogP contribution is -2.38. The van der Waals surface area contributed by atoms with Crippen molar-refractivity contribution in [1.82, 2.24) is 15.5 Å². The first-order chi connectivity index (χ1) is 7.75. The Hall–Kier alpha value is -0.520. The number of piperidine rings is 1. The molecule has 1 aliphatic heterocycles. The Morgan fingerprint density at radius 1 is 1.44 bits per heavy atom. The van der Waals surface area contributed by atoms with Gasteiger partial charge < -0.3 is 5.32 Å². The van der Waals surface area contributed by atoms with E-state index in [1.165, 1.54) is 12.8 Å². The highest BCUT2D eigenvalue weighted by Gasteiger charge is 2.17. The lowest BCUT2D eigenvalue weighted by molar-refractivity contribution is 0.427. The molecule has 0 aliphatic carbocycles. The van der Waals surface area contributed by atoms with Crippen molar-refractivity contribution in [2.45, 2.75) is 30.3 Å². The minimum Gasteiger partial charge on any atom is -0.313 e. The summed E-state index contributed by atoms with van der Waals surface area (Å²) >= 11 is 5.62. The normalized spacial score (nSPS) is 22.9. The van der Waals surface area contributed by atoms with Gasteiger partial charge in [-0.05, 0) is 31.5 Å². The molecule has 0 aromatic carbocycles. The van der Waals surface area contributed by atoms with E-state index < -0.39 is 10.8 Å². The van der Waals surface area contributed by atoms with Gasteiger partial charge in [-0.3, -0.25) is 4.21 Å². The van der Waals surface area contributed by atoms with Crippen LogP contribution < -0.4 is 5.32 Å². The van der Waals surface area contributed by atoms with Gasteiger partial charge in [-0.2, -0.15) is 0 Å². The average Bonchev–Trinajstić information content (AvgIpc) is 2.31. The Kier molecular flexibility index (Phi) is 4.26. The van der Waals surface area contributed by atoms with Crippen molar-refractivity contribution >= 4 is 22.4 Å². The lowest BCUT2D eigenvalue weighted by atomic mass is 10.1. The lowest BCUT2D eigenvalue weighted by Gasteiger charge is -2.22. The topological polar surface area (TPSA) is 54.9 Å². The molecule has 1 N–H and O–H groups in total. The summed E-state index contributed by atoms with van der Waals surface area (Å²) in [5.74, 6) is 0.607. The summed E-state index contributed by atoms with van der Waals surface area (Å²) in [6.07, 6.45) is 3.51. The number of nitrogens with zero attached hydrogens (tertiary/aromatic N) is 2. The quantitative estimate of drug-likeness (QED) is 0.891. The summed E-state index contributed by atoms with van der Waals surface area (Å²) in [6, 6.07) is 3.64. The molecule has 0 amide bonds. The van der Waals surface area contributed by atoms with Gasteiger partial charge in [0.2, 0.25) is 0 Å². The Labute approximate surface area is 102 Å². The van der Waals surface area contributed by atoms with E-state index in [9.17, 15) is 4.21 Å². The second kappa shape index (κ2) is 5.70. The van der Waals surface area contributed by atoms with Gasteiger partial charge in [0.1, 0.15) is 5.03 Å². The number of rotatable bonds is 3. The van der Waals surface area contributed by atoms with Gasteiger partial charge >= 0.3 is 0 Å². The monoisotopic (exact) mass is 259 g/mol. The molecule has 1 aromatic rings. The highest BCUT2D eigenvalue weighted by Crippen LogP contribution is 2.12. The summed E-state index contributed by atoms with van der Waals surface area (Å²) in [7, 11) is -1.08. The van der Waals surface area contributed by atoms with E-state index in [2.05, 4.69) is 15.5 Å². The molecule has 1 saturated heterocycles. The second-order valence-corrected chi connectivity index (χ2v) is 5.68. The third-order valence-electron chi connectivity index (χ3n) is 2.61. The van der Waals surface area contributed by atoms with Gasteiger partial charge in [-0.25, -0.2) is 0 Å². The van der Waals surface area contributed by atoms with Gasteiger partial charge in [-0.15, -0.1) is 10.2 Å². The fourth-order valence-electron chi connectivity index (χ4n) is 1.76. The van der Waals surface area contributed by atoms with Crippen LogP contribution in [0.25, 0.3) is 0 Å². The van der Waals surface area contributed by atoms with E-state index in [4.69, 9.17) is 11.6 Å². The van der Waals surface area contributed by atoms with Crippen molar-refractivity contribution in [3.63, 3.8) is 0 Å². The molecular formula is C10H14ClN3OS. The molecule has 1 aliphatic rings. The maximum absolute atomic E-state index is 11.9. The Bertz CT molecular complexity index is 365. The molecular weight excluding hydrogens is 246 g/mol. The zero-order valence-corrected chi connectivity index (χ0v) is 10.4. The average molecular weight is 260 g/mol. The summed E-state index contributed by atoms with van der Waals surface area (Å²) < 4.78 is 11.9. The standard InChI is InChI=1S/C10H14ClN3OS/c11-9-4-5-10(14-13-9)16(15)7-8-3-1-2-6-12-8/h4-5,8,12H,1-3,6-7H2/t8-,16+/m0/s1. The van der Waals surface area contributed by atoms with Gasteiger partial charge in [0.15, 0.2) is 5.15 Å². The number of nitrogens with one attached hydrogen (secondary N) is 1.